The minimum atomic E-state index is -1.89. The van der Waals surface area contributed by atoms with Gasteiger partial charge in [0.1, 0.15) is 0 Å². The Hall–Kier alpha value is -0.540. The lowest BCUT2D eigenvalue weighted by Gasteiger charge is -2.17. The van der Waals surface area contributed by atoms with Gasteiger partial charge in [0.2, 0.25) is 0 Å². The van der Waals surface area contributed by atoms with Crippen molar-refractivity contribution in [2.24, 2.45) is 4.36 Å². The monoisotopic (exact) mass is 229 g/mol. The molecule has 0 bridgehead atoms. The fourth-order valence-electron chi connectivity index (χ4n) is 1.36. The van der Waals surface area contributed by atoms with Crippen LogP contribution in [0.1, 0.15) is 12.0 Å². The van der Waals surface area contributed by atoms with Crippen molar-refractivity contribution in [3.05, 3.63) is 28.8 Å². The van der Waals surface area contributed by atoms with Crippen molar-refractivity contribution < 1.29 is 4.21 Å². The Morgan fingerprint density at radius 2 is 2.14 bits per heavy atom. The van der Waals surface area contributed by atoms with Gasteiger partial charge in [-0.1, -0.05) is 11.6 Å². The first kappa shape index (κ1) is 9.99. The Morgan fingerprint density at radius 3 is 2.64 bits per heavy atom. The molecule has 1 aliphatic heterocycles. The van der Waals surface area contributed by atoms with Crippen LogP contribution in [-0.4, -0.2) is 15.7 Å². The maximum Gasteiger partial charge on any atom is 0.0733 e. The molecule has 0 saturated carbocycles. The van der Waals surface area contributed by atoms with Crippen LogP contribution < -0.4 is 0 Å². The van der Waals surface area contributed by atoms with E-state index in [9.17, 15) is 4.21 Å². The highest BCUT2D eigenvalue weighted by atomic mass is 35.5. The topological polar surface area (TPSA) is 29.4 Å². The van der Waals surface area contributed by atoms with Crippen molar-refractivity contribution in [2.75, 3.05) is 11.5 Å². The molecule has 1 aromatic carbocycles. The third-order valence-corrected chi connectivity index (χ3v) is 5.16. The summed E-state index contributed by atoms with van der Waals surface area (Å²) in [5.74, 6) is 1.49. The Morgan fingerprint density at radius 1 is 1.43 bits per heavy atom. The highest BCUT2D eigenvalue weighted by Gasteiger charge is 2.18. The van der Waals surface area contributed by atoms with Crippen LogP contribution >= 0.6 is 11.6 Å². The molecule has 14 heavy (non-hydrogen) atoms. The molecule has 0 atom stereocenters. The Balaban J connectivity index is 2.39. The van der Waals surface area contributed by atoms with Gasteiger partial charge in [-0.15, -0.1) is 0 Å². The van der Waals surface area contributed by atoms with E-state index in [4.69, 9.17) is 11.6 Å². The molecule has 0 radical (unpaired) electrons. The molecule has 0 N–H and O–H groups in total. The number of hydrogen-bond donors (Lipinski definition) is 0. The summed E-state index contributed by atoms with van der Waals surface area (Å²) in [6.45, 7) is 1.93. The summed E-state index contributed by atoms with van der Waals surface area (Å²) in [7, 11) is -1.89. The van der Waals surface area contributed by atoms with Crippen LogP contribution in [0.25, 0.3) is 0 Å². The molecular weight excluding hydrogens is 218 g/mol. The molecule has 1 fully saturated rings. The van der Waals surface area contributed by atoms with E-state index < -0.39 is 9.73 Å². The van der Waals surface area contributed by atoms with Crippen molar-refractivity contribution in [2.45, 2.75) is 13.3 Å². The van der Waals surface area contributed by atoms with Gasteiger partial charge < -0.3 is 0 Å². The van der Waals surface area contributed by atoms with E-state index >= 15 is 0 Å². The smallest absolute Gasteiger partial charge is 0.0733 e. The first-order valence-corrected chi connectivity index (χ1v) is 6.81. The Kier molecular flexibility index (Phi) is 2.54. The van der Waals surface area contributed by atoms with Crippen molar-refractivity contribution >= 4 is 27.0 Å². The first-order chi connectivity index (χ1) is 6.59. The molecule has 4 heteroatoms. The summed E-state index contributed by atoms with van der Waals surface area (Å²) in [4.78, 5) is 0. The van der Waals surface area contributed by atoms with Crippen molar-refractivity contribution in [1.29, 1.82) is 0 Å². The number of hydrogen-bond acceptors (Lipinski definition) is 2. The Labute approximate surface area is 89.5 Å². The molecule has 1 aliphatic rings. The van der Waals surface area contributed by atoms with Gasteiger partial charge in [-0.25, -0.2) is 4.21 Å². The third-order valence-electron chi connectivity index (χ3n) is 2.34. The van der Waals surface area contributed by atoms with Crippen LogP contribution in [0.3, 0.4) is 0 Å². The second kappa shape index (κ2) is 3.55. The zero-order chi connectivity index (χ0) is 10.2. The quantitative estimate of drug-likeness (QED) is 0.728. The van der Waals surface area contributed by atoms with E-state index in [2.05, 4.69) is 4.36 Å². The maximum absolute atomic E-state index is 11.8. The fraction of sp³-hybridized carbons (Fsp3) is 0.400. The molecule has 2 nitrogen and oxygen atoms in total. The van der Waals surface area contributed by atoms with Crippen LogP contribution in [0.2, 0.25) is 5.02 Å². The summed E-state index contributed by atoms with van der Waals surface area (Å²) in [6.07, 6.45) is 1.04. The van der Waals surface area contributed by atoms with Crippen LogP contribution in [0, 0.1) is 6.92 Å². The zero-order valence-electron chi connectivity index (χ0n) is 8.00. The highest BCUT2D eigenvalue weighted by molar-refractivity contribution is 7.95. The predicted octanol–water partition coefficient (Wildman–Crippen LogP) is 3.15. The number of benzene rings is 1. The number of halogens is 1. The van der Waals surface area contributed by atoms with Gasteiger partial charge in [0.25, 0.3) is 0 Å². The first-order valence-electron chi connectivity index (χ1n) is 4.58. The van der Waals surface area contributed by atoms with E-state index in [0.717, 1.165) is 34.2 Å². The Bertz CT molecular complexity index is 465. The fourth-order valence-corrected chi connectivity index (χ4v) is 2.94. The largest absolute Gasteiger partial charge is 0.249 e. The van der Waals surface area contributed by atoms with Crippen molar-refractivity contribution in [1.82, 2.24) is 0 Å². The third kappa shape index (κ3) is 1.93. The van der Waals surface area contributed by atoms with Gasteiger partial charge in [-0.3, -0.25) is 0 Å². The second-order valence-corrected chi connectivity index (χ2v) is 6.51. The second-order valence-electron chi connectivity index (χ2n) is 3.56. The molecule has 0 aliphatic carbocycles. The number of nitrogens with zero attached hydrogens (tertiary/aromatic N) is 1. The SMILES string of the molecule is Cc1cc(N=S2(=O)CCC2)ccc1Cl. The minimum absolute atomic E-state index is 0.729. The molecule has 0 spiro atoms. The van der Waals surface area contributed by atoms with Crippen molar-refractivity contribution in [3.63, 3.8) is 0 Å². The molecule has 0 unspecified atom stereocenters. The summed E-state index contributed by atoms with van der Waals surface area (Å²) in [5, 5.41) is 0.729. The summed E-state index contributed by atoms with van der Waals surface area (Å²) < 4.78 is 16.1. The molecular formula is C10H12ClNOS. The average molecular weight is 230 g/mol. The summed E-state index contributed by atoms with van der Waals surface area (Å²) >= 11 is 5.89. The standard InChI is InChI=1S/C10H12ClNOS/c1-8-7-9(3-4-10(8)11)12-14(13)5-2-6-14/h3-4,7H,2,5-6H2,1H3. The molecule has 76 valence electrons. The molecule has 2 rings (SSSR count). The maximum atomic E-state index is 11.8. The molecule has 1 heterocycles. The zero-order valence-corrected chi connectivity index (χ0v) is 9.57. The molecule has 1 saturated heterocycles. The van der Waals surface area contributed by atoms with Crippen LogP contribution in [0.5, 0.6) is 0 Å². The average Bonchev–Trinajstić information content (AvgIpc) is 2.09. The molecule has 0 amide bonds. The van der Waals surface area contributed by atoms with Gasteiger partial charge in [-0.05, 0) is 37.1 Å². The van der Waals surface area contributed by atoms with Gasteiger partial charge in [-0.2, -0.15) is 4.36 Å². The van der Waals surface area contributed by atoms with E-state index in [-0.39, 0.29) is 0 Å². The lowest BCUT2D eigenvalue weighted by Crippen LogP contribution is -2.22. The van der Waals surface area contributed by atoms with E-state index in [1.165, 1.54) is 0 Å². The lowest BCUT2D eigenvalue weighted by atomic mass is 10.2. The van der Waals surface area contributed by atoms with E-state index in [1.807, 2.05) is 19.1 Å². The van der Waals surface area contributed by atoms with Gasteiger partial charge in [0, 0.05) is 16.5 Å². The lowest BCUT2D eigenvalue weighted by molar-refractivity contribution is 0.663. The van der Waals surface area contributed by atoms with Gasteiger partial charge >= 0.3 is 0 Å². The van der Waals surface area contributed by atoms with Crippen LogP contribution in [0.4, 0.5) is 5.69 Å². The summed E-state index contributed by atoms with van der Waals surface area (Å²) in [6, 6.07) is 5.50. The van der Waals surface area contributed by atoms with E-state index in [1.54, 1.807) is 6.07 Å². The molecule has 0 aromatic heterocycles. The molecule has 1 aromatic rings. The normalized spacial score (nSPS) is 18.7. The summed E-state index contributed by atoms with van der Waals surface area (Å²) in [5.41, 5.74) is 1.77. The van der Waals surface area contributed by atoms with Crippen molar-refractivity contribution in [3.8, 4) is 0 Å². The van der Waals surface area contributed by atoms with E-state index in [0.29, 0.717) is 0 Å². The van der Waals surface area contributed by atoms with Crippen LogP contribution in [-0.2, 0) is 9.73 Å². The van der Waals surface area contributed by atoms with Gasteiger partial charge in [0.05, 0.1) is 15.4 Å². The highest BCUT2D eigenvalue weighted by Crippen LogP contribution is 2.25. The van der Waals surface area contributed by atoms with Crippen LogP contribution in [0.15, 0.2) is 22.6 Å². The number of aryl methyl sites for hydroxylation is 1. The minimum Gasteiger partial charge on any atom is -0.249 e. The predicted molar refractivity (Wildman–Crippen MR) is 60.8 cm³/mol. The van der Waals surface area contributed by atoms with Gasteiger partial charge in [0.15, 0.2) is 0 Å². The number of rotatable bonds is 1.